The van der Waals surface area contributed by atoms with Crippen LogP contribution < -0.4 is 16.0 Å². The number of hydrogen-bond donors (Lipinski definition) is 3. The third-order valence-electron chi connectivity index (χ3n) is 2.83. The zero-order valence-electron chi connectivity index (χ0n) is 9.14. The molecular formula is C10H19N3OS. The van der Waals surface area contributed by atoms with Gasteiger partial charge in [0, 0.05) is 6.42 Å². The Morgan fingerprint density at radius 2 is 2.47 bits per heavy atom. The Morgan fingerprint density at radius 1 is 1.60 bits per heavy atom. The molecule has 0 aromatic heterocycles. The molecule has 0 bridgehead atoms. The molecule has 4 nitrogen and oxygen atoms in total. The van der Waals surface area contributed by atoms with Gasteiger partial charge in [-0.2, -0.15) is 0 Å². The Bertz CT molecular complexity index is 257. The molecule has 0 aliphatic carbocycles. The maximum Gasteiger partial charge on any atom is 0.180 e. The van der Waals surface area contributed by atoms with Crippen LogP contribution in [0.2, 0.25) is 0 Å². The zero-order valence-corrected chi connectivity index (χ0v) is 9.95. The van der Waals surface area contributed by atoms with E-state index in [1.165, 1.54) is 18.5 Å². The van der Waals surface area contributed by atoms with Gasteiger partial charge in [0.2, 0.25) is 0 Å². The molecule has 5 heteroatoms. The fraction of sp³-hybridized carbons (Fsp3) is 0.800. The molecule has 0 radical (unpaired) electrons. The summed E-state index contributed by atoms with van der Waals surface area (Å²) < 4.78 is 11.8. The van der Waals surface area contributed by atoms with Gasteiger partial charge in [0.05, 0.1) is 12.4 Å². The van der Waals surface area contributed by atoms with E-state index in [1.807, 2.05) is 0 Å². The van der Waals surface area contributed by atoms with Crippen molar-refractivity contribution in [2.75, 3.05) is 19.0 Å². The lowest BCUT2D eigenvalue weighted by atomic mass is 10.2. The molecule has 2 aliphatic rings. The van der Waals surface area contributed by atoms with Crippen LogP contribution in [0.1, 0.15) is 26.2 Å². The SMILES string of the molecule is CCCCN[C@@H]1NCNC2=C1[S+]([O-])CC2. The molecule has 0 aromatic rings. The van der Waals surface area contributed by atoms with Gasteiger partial charge < -0.3 is 9.87 Å². The van der Waals surface area contributed by atoms with E-state index in [4.69, 9.17) is 0 Å². The van der Waals surface area contributed by atoms with Crippen LogP contribution in [0.25, 0.3) is 0 Å². The monoisotopic (exact) mass is 229 g/mol. The van der Waals surface area contributed by atoms with E-state index in [0.717, 1.165) is 30.3 Å². The van der Waals surface area contributed by atoms with Crippen LogP contribution >= 0.6 is 0 Å². The summed E-state index contributed by atoms with van der Waals surface area (Å²) in [6, 6.07) is 0. The van der Waals surface area contributed by atoms with Crippen LogP contribution in [-0.2, 0) is 11.2 Å². The maximum absolute atomic E-state index is 11.8. The average Bonchev–Trinajstić information content (AvgIpc) is 2.62. The van der Waals surface area contributed by atoms with E-state index >= 15 is 0 Å². The van der Waals surface area contributed by atoms with Crippen molar-refractivity contribution in [1.82, 2.24) is 16.0 Å². The van der Waals surface area contributed by atoms with E-state index < -0.39 is 11.2 Å². The van der Waals surface area contributed by atoms with Gasteiger partial charge in [-0.3, -0.25) is 10.6 Å². The Morgan fingerprint density at radius 3 is 3.27 bits per heavy atom. The second kappa shape index (κ2) is 5.21. The number of unbranched alkanes of at least 4 members (excludes halogenated alkanes) is 1. The number of allylic oxidation sites excluding steroid dienone is 1. The first-order valence-electron chi connectivity index (χ1n) is 5.65. The summed E-state index contributed by atoms with van der Waals surface area (Å²) in [5.41, 5.74) is 1.20. The number of nitrogens with one attached hydrogen (secondary N) is 3. The van der Waals surface area contributed by atoms with Gasteiger partial charge >= 0.3 is 0 Å². The first-order chi connectivity index (χ1) is 7.33. The normalized spacial score (nSPS) is 30.3. The maximum atomic E-state index is 11.8. The standard InChI is InChI=1S/C10H19N3OS/c1-2-3-5-11-10-9-8(12-7-13-10)4-6-15(9)14/h10-13H,2-7H2,1H3/t10-,15?/m1/s1. The summed E-state index contributed by atoms with van der Waals surface area (Å²) in [5.74, 6) is 0.783. The smallest absolute Gasteiger partial charge is 0.180 e. The minimum Gasteiger partial charge on any atom is -0.612 e. The second-order valence-electron chi connectivity index (χ2n) is 3.94. The predicted octanol–water partition coefficient (Wildman–Crippen LogP) is 0.216. The summed E-state index contributed by atoms with van der Waals surface area (Å²) in [4.78, 5) is 1.05. The predicted molar refractivity (Wildman–Crippen MR) is 62.5 cm³/mol. The molecule has 2 rings (SSSR count). The summed E-state index contributed by atoms with van der Waals surface area (Å²) in [7, 11) is 0. The molecule has 0 spiro atoms. The van der Waals surface area contributed by atoms with Crippen molar-refractivity contribution in [2.45, 2.75) is 32.4 Å². The Hall–Kier alpha value is -0.230. The van der Waals surface area contributed by atoms with E-state index in [-0.39, 0.29) is 6.17 Å². The molecule has 0 saturated carbocycles. The highest BCUT2D eigenvalue weighted by Crippen LogP contribution is 2.27. The molecule has 3 N–H and O–H groups in total. The lowest BCUT2D eigenvalue weighted by Gasteiger charge is -2.26. The lowest BCUT2D eigenvalue weighted by Crippen LogP contribution is -2.52. The molecule has 2 aliphatic heterocycles. The molecule has 2 heterocycles. The Balaban J connectivity index is 1.95. The first kappa shape index (κ1) is 11.3. The van der Waals surface area contributed by atoms with Gasteiger partial charge in [-0.25, -0.2) is 0 Å². The van der Waals surface area contributed by atoms with E-state index in [2.05, 4.69) is 22.9 Å². The third-order valence-corrected chi connectivity index (χ3v) is 4.38. The van der Waals surface area contributed by atoms with Crippen LogP contribution in [-0.4, -0.2) is 29.7 Å². The molecule has 0 saturated heterocycles. The van der Waals surface area contributed by atoms with Crippen LogP contribution in [0.15, 0.2) is 10.6 Å². The second-order valence-corrected chi connectivity index (χ2v) is 5.48. The lowest BCUT2D eigenvalue weighted by molar-refractivity contribution is 0.438. The van der Waals surface area contributed by atoms with Crippen molar-refractivity contribution in [3.05, 3.63) is 10.6 Å². The van der Waals surface area contributed by atoms with Gasteiger partial charge in [0.25, 0.3) is 0 Å². The molecule has 0 fully saturated rings. The highest BCUT2D eigenvalue weighted by molar-refractivity contribution is 7.95. The Kier molecular flexibility index (Phi) is 3.91. The van der Waals surface area contributed by atoms with Crippen LogP contribution in [0.5, 0.6) is 0 Å². The Labute approximate surface area is 94.1 Å². The molecule has 86 valence electrons. The summed E-state index contributed by atoms with van der Waals surface area (Å²) >= 11 is -0.783. The van der Waals surface area contributed by atoms with Gasteiger partial charge in [-0.05, 0) is 24.1 Å². The summed E-state index contributed by atoms with van der Waals surface area (Å²) in [6.45, 7) is 3.94. The number of hydrogen-bond acceptors (Lipinski definition) is 4. The topological polar surface area (TPSA) is 59.1 Å². The van der Waals surface area contributed by atoms with Crippen molar-refractivity contribution in [3.63, 3.8) is 0 Å². The van der Waals surface area contributed by atoms with Crippen LogP contribution in [0.3, 0.4) is 0 Å². The quantitative estimate of drug-likeness (QED) is 0.477. The summed E-state index contributed by atoms with van der Waals surface area (Å²) in [6.07, 6.45) is 3.42. The van der Waals surface area contributed by atoms with Crippen molar-refractivity contribution < 1.29 is 4.55 Å². The fourth-order valence-electron chi connectivity index (χ4n) is 1.99. The van der Waals surface area contributed by atoms with Crippen molar-refractivity contribution >= 4 is 11.2 Å². The van der Waals surface area contributed by atoms with Gasteiger partial charge in [-0.1, -0.05) is 13.3 Å². The zero-order chi connectivity index (χ0) is 10.7. The third kappa shape index (κ3) is 2.47. The van der Waals surface area contributed by atoms with Gasteiger partial charge in [0.15, 0.2) is 4.91 Å². The molecule has 2 atom stereocenters. The van der Waals surface area contributed by atoms with E-state index in [1.54, 1.807) is 0 Å². The fourth-order valence-corrected chi connectivity index (χ4v) is 3.48. The summed E-state index contributed by atoms with van der Waals surface area (Å²) in [5, 5.41) is 10.00. The molecule has 15 heavy (non-hydrogen) atoms. The van der Waals surface area contributed by atoms with Crippen LogP contribution in [0, 0.1) is 0 Å². The van der Waals surface area contributed by atoms with E-state index in [0.29, 0.717) is 0 Å². The van der Waals surface area contributed by atoms with E-state index in [9.17, 15) is 4.55 Å². The van der Waals surface area contributed by atoms with Crippen LogP contribution in [0.4, 0.5) is 0 Å². The van der Waals surface area contributed by atoms with Gasteiger partial charge in [0.1, 0.15) is 11.9 Å². The molecular weight excluding hydrogens is 210 g/mol. The minimum absolute atomic E-state index is 0.121. The largest absolute Gasteiger partial charge is 0.612 e. The van der Waals surface area contributed by atoms with Crippen molar-refractivity contribution in [1.29, 1.82) is 0 Å². The number of rotatable bonds is 4. The molecule has 0 aromatic carbocycles. The van der Waals surface area contributed by atoms with Crippen molar-refractivity contribution in [2.24, 2.45) is 0 Å². The minimum atomic E-state index is -0.783. The molecule has 0 amide bonds. The first-order valence-corrected chi connectivity index (χ1v) is 6.97. The highest BCUT2D eigenvalue weighted by atomic mass is 32.2. The van der Waals surface area contributed by atoms with Crippen molar-refractivity contribution in [3.8, 4) is 0 Å². The van der Waals surface area contributed by atoms with Gasteiger partial charge in [-0.15, -0.1) is 0 Å². The average molecular weight is 229 g/mol. The highest BCUT2D eigenvalue weighted by Gasteiger charge is 2.36. The molecule has 1 unspecified atom stereocenters.